The second-order valence-corrected chi connectivity index (χ2v) is 6.17. The average molecular weight is 293 g/mol. The summed E-state index contributed by atoms with van der Waals surface area (Å²) in [6.07, 6.45) is 2.55. The lowest BCUT2D eigenvalue weighted by atomic mass is 9.94. The third-order valence-electron chi connectivity index (χ3n) is 4.38. The van der Waals surface area contributed by atoms with Gasteiger partial charge in [0, 0.05) is 32.2 Å². The van der Waals surface area contributed by atoms with Crippen molar-refractivity contribution in [2.75, 3.05) is 26.7 Å². The van der Waals surface area contributed by atoms with E-state index < -0.39 is 0 Å². The first-order valence-electron chi connectivity index (χ1n) is 7.50. The van der Waals surface area contributed by atoms with Gasteiger partial charge in [-0.05, 0) is 44.9 Å². The summed E-state index contributed by atoms with van der Waals surface area (Å²) in [5.74, 6) is -0.315. The van der Waals surface area contributed by atoms with Gasteiger partial charge in [-0.15, -0.1) is 0 Å². The molecule has 0 aromatic heterocycles. The molecule has 2 rings (SSSR count). The molecule has 4 heteroatoms. The summed E-state index contributed by atoms with van der Waals surface area (Å²) in [4.78, 5) is 14.4. The van der Waals surface area contributed by atoms with Crippen LogP contribution < -0.4 is 0 Å². The number of carbonyl (C=O) groups excluding carboxylic acids is 1. The smallest absolute Gasteiger partial charge is 0.164 e. The van der Waals surface area contributed by atoms with Crippen molar-refractivity contribution in [2.45, 2.75) is 38.7 Å². The highest BCUT2D eigenvalue weighted by Gasteiger charge is 2.30. The molecule has 1 atom stereocenters. The van der Waals surface area contributed by atoms with Crippen molar-refractivity contribution in [3.05, 3.63) is 35.1 Å². The Morgan fingerprint density at radius 3 is 2.90 bits per heavy atom. The lowest BCUT2D eigenvalue weighted by molar-refractivity contribution is -0.0503. The Morgan fingerprint density at radius 2 is 2.24 bits per heavy atom. The summed E-state index contributed by atoms with van der Waals surface area (Å²) in [5, 5.41) is 0. The number of hydrogen-bond acceptors (Lipinski definition) is 3. The molecule has 21 heavy (non-hydrogen) atoms. The molecule has 1 aromatic carbocycles. The van der Waals surface area contributed by atoms with Crippen LogP contribution in [0.5, 0.6) is 0 Å². The number of ketones is 1. The number of carbonyl (C=O) groups is 1. The molecule has 1 saturated heterocycles. The molecule has 3 nitrogen and oxygen atoms in total. The highest BCUT2D eigenvalue weighted by atomic mass is 19.1. The molecule has 0 saturated carbocycles. The van der Waals surface area contributed by atoms with E-state index in [4.69, 9.17) is 4.74 Å². The van der Waals surface area contributed by atoms with Gasteiger partial charge < -0.3 is 9.64 Å². The molecule has 1 aromatic rings. The zero-order valence-electron chi connectivity index (χ0n) is 13.1. The molecule has 0 N–H and O–H groups in total. The van der Waals surface area contributed by atoms with E-state index in [-0.39, 0.29) is 17.2 Å². The van der Waals surface area contributed by atoms with E-state index in [1.807, 2.05) is 0 Å². The number of Topliss-reactive ketones (excluding diaryl/α,β-unsaturated/α-hetero) is 1. The summed E-state index contributed by atoms with van der Waals surface area (Å²) < 4.78 is 19.1. The normalized spacial score (nSPS) is 23.2. The summed E-state index contributed by atoms with van der Waals surface area (Å²) in [6.45, 7) is 6.35. The Morgan fingerprint density at radius 1 is 1.48 bits per heavy atom. The fourth-order valence-electron chi connectivity index (χ4n) is 2.84. The predicted molar refractivity (Wildman–Crippen MR) is 81.2 cm³/mol. The molecule has 1 heterocycles. The highest BCUT2D eigenvalue weighted by Crippen LogP contribution is 2.24. The van der Waals surface area contributed by atoms with Crippen molar-refractivity contribution < 1.29 is 13.9 Å². The molecule has 0 amide bonds. The Bertz CT molecular complexity index is 518. The number of methoxy groups -OCH3 is 1. The van der Waals surface area contributed by atoms with Crippen molar-refractivity contribution >= 4 is 5.78 Å². The second kappa shape index (κ2) is 6.67. The van der Waals surface area contributed by atoms with Crippen LogP contribution >= 0.6 is 0 Å². The van der Waals surface area contributed by atoms with Crippen LogP contribution in [-0.2, 0) is 4.74 Å². The Kier molecular flexibility index (Phi) is 5.12. The first-order valence-corrected chi connectivity index (χ1v) is 7.50. The molecule has 1 aliphatic rings. The summed E-state index contributed by atoms with van der Waals surface area (Å²) in [7, 11) is 1.74. The van der Waals surface area contributed by atoms with Crippen LogP contribution in [0.1, 0.15) is 42.1 Å². The minimum absolute atomic E-state index is 0.00130. The van der Waals surface area contributed by atoms with E-state index in [0.717, 1.165) is 25.9 Å². The third kappa shape index (κ3) is 4.11. The third-order valence-corrected chi connectivity index (χ3v) is 4.38. The summed E-state index contributed by atoms with van der Waals surface area (Å²) in [6, 6.07) is 4.70. The minimum atomic E-state index is -0.314. The zero-order valence-corrected chi connectivity index (χ0v) is 13.1. The van der Waals surface area contributed by atoms with Crippen LogP contribution in [-0.4, -0.2) is 43.0 Å². The van der Waals surface area contributed by atoms with Gasteiger partial charge in [-0.25, -0.2) is 4.39 Å². The molecule has 1 unspecified atom stereocenters. The number of nitrogens with zero attached hydrogens (tertiary/aromatic N) is 1. The number of aryl methyl sites for hydroxylation is 1. The SMILES string of the molecule is COC1(C)CCCN(CCC(=O)c2ccc(C)c(F)c2)C1. The van der Waals surface area contributed by atoms with Gasteiger partial charge in [-0.2, -0.15) is 0 Å². The van der Waals surface area contributed by atoms with Gasteiger partial charge in [0.1, 0.15) is 5.82 Å². The van der Waals surface area contributed by atoms with Crippen LogP contribution in [0.3, 0.4) is 0 Å². The molecule has 116 valence electrons. The monoisotopic (exact) mass is 293 g/mol. The Balaban J connectivity index is 1.90. The maximum Gasteiger partial charge on any atom is 0.164 e. The summed E-state index contributed by atoms with van der Waals surface area (Å²) in [5.41, 5.74) is 0.917. The molecule has 1 fully saturated rings. The van der Waals surface area contributed by atoms with Crippen molar-refractivity contribution in [3.8, 4) is 0 Å². The lowest BCUT2D eigenvalue weighted by Gasteiger charge is -2.39. The number of ether oxygens (including phenoxy) is 1. The van der Waals surface area contributed by atoms with Gasteiger partial charge in [0.15, 0.2) is 5.78 Å². The molecular formula is C17H24FNO2. The van der Waals surface area contributed by atoms with E-state index in [0.29, 0.717) is 24.1 Å². The quantitative estimate of drug-likeness (QED) is 0.781. The van der Waals surface area contributed by atoms with Gasteiger partial charge in [-0.3, -0.25) is 4.79 Å². The van der Waals surface area contributed by atoms with Crippen molar-refractivity contribution in [1.82, 2.24) is 4.90 Å². The zero-order chi connectivity index (χ0) is 15.5. The molecule has 0 bridgehead atoms. The first kappa shape index (κ1) is 16.1. The number of likely N-dealkylation sites (tertiary alicyclic amines) is 1. The number of halogens is 1. The Labute approximate surface area is 126 Å². The molecule has 0 spiro atoms. The van der Waals surface area contributed by atoms with Gasteiger partial charge >= 0.3 is 0 Å². The van der Waals surface area contributed by atoms with Crippen molar-refractivity contribution in [3.63, 3.8) is 0 Å². The fraction of sp³-hybridized carbons (Fsp3) is 0.588. The highest BCUT2D eigenvalue weighted by molar-refractivity contribution is 5.96. The molecule has 1 aliphatic heterocycles. The average Bonchev–Trinajstić information content (AvgIpc) is 2.48. The minimum Gasteiger partial charge on any atom is -0.377 e. The second-order valence-electron chi connectivity index (χ2n) is 6.17. The number of rotatable bonds is 5. The van der Waals surface area contributed by atoms with Crippen LogP contribution in [0, 0.1) is 12.7 Å². The van der Waals surface area contributed by atoms with Crippen LogP contribution in [0.4, 0.5) is 4.39 Å². The standard InChI is InChI=1S/C17H24FNO2/c1-13-5-6-14(11-15(13)18)16(20)7-10-19-9-4-8-17(2,12-19)21-3/h5-6,11H,4,7-10,12H2,1-3H3. The maximum absolute atomic E-state index is 13.5. The molecule has 0 aliphatic carbocycles. The van der Waals surface area contributed by atoms with Crippen molar-refractivity contribution in [1.29, 1.82) is 0 Å². The van der Waals surface area contributed by atoms with Crippen LogP contribution in [0.25, 0.3) is 0 Å². The van der Waals surface area contributed by atoms with Gasteiger partial charge in [0.25, 0.3) is 0 Å². The maximum atomic E-state index is 13.5. The van der Waals surface area contributed by atoms with E-state index >= 15 is 0 Å². The van der Waals surface area contributed by atoms with Crippen LogP contribution in [0.2, 0.25) is 0 Å². The molecule has 0 radical (unpaired) electrons. The van der Waals surface area contributed by atoms with Gasteiger partial charge in [0.2, 0.25) is 0 Å². The molecular weight excluding hydrogens is 269 g/mol. The number of piperidine rings is 1. The first-order chi connectivity index (χ1) is 9.93. The Hall–Kier alpha value is -1.26. The van der Waals surface area contributed by atoms with E-state index in [1.165, 1.54) is 6.07 Å². The van der Waals surface area contributed by atoms with E-state index in [2.05, 4.69) is 11.8 Å². The lowest BCUT2D eigenvalue weighted by Crippen LogP contribution is -2.47. The van der Waals surface area contributed by atoms with Gasteiger partial charge in [-0.1, -0.05) is 12.1 Å². The van der Waals surface area contributed by atoms with E-state index in [9.17, 15) is 9.18 Å². The largest absolute Gasteiger partial charge is 0.377 e. The summed E-state index contributed by atoms with van der Waals surface area (Å²) >= 11 is 0. The number of hydrogen-bond donors (Lipinski definition) is 0. The fourth-order valence-corrected chi connectivity index (χ4v) is 2.84. The van der Waals surface area contributed by atoms with Crippen LogP contribution in [0.15, 0.2) is 18.2 Å². The predicted octanol–water partition coefficient (Wildman–Crippen LogP) is 3.21. The van der Waals surface area contributed by atoms with Crippen molar-refractivity contribution in [2.24, 2.45) is 0 Å². The van der Waals surface area contributed by atoms with Gasteiger partial charge in [0.05, 0.1) is 5.60 Å². The topological polar surface area (TPSA) is 29.5 Å². The van der Waals surface area contributed by atoms with E-state index in [1.54, 1.807) is 26.2 Å². The number of benzene rings is 1.